The zero-order valence-corrected chi connectivity index (χ0v) is 14.5. The van der Waals surface area contributed by atoms with E-state index in [0.29, 0.717) is 12.3 Å². The van der Waals surface area contributed by atoms with Crippen LogP contribution in [-0.2, 0) is 9.59 Å². The van der Waals surface area contributed by atoms with Crippen molar-refractivity contribution in [2.45, 2.75) is 64.8 Å². The lowest BCUT2D eigenvalue weighted by Gasteiger charge is -2.27. The Morgan fingerprint density at radius 2 is 2.00 bits per heavy atom. The van der Waals surface area contributed by atoms with Gasteiger partial charge in [-0.3, -0.25) is 9.59 Å². The summed E-state index contributed by atoms with van der Waals surface area (Å²) in [6.07, 6.45) is 5.76. The monoisotopic (exact) mass is 312 g/mol. The first-order valence-corrected chi connectivity index (χ1v) is 8.92. The third-order valence-electron chi connectivity index (χ3n) is 3.49. The van der Waals surface area contributed by atoms with Gasteiger partial charge in [-0.1, -0.05) is 32.3 Å². The van der Waals surface area contributed by atoms with E-state index in [9.17, 15) is 9.59 Å². The number of rotatable bonds is 7. The van der Waals surface area contributed by atoms with Crippen LogP contribution in [0.25, 0.3) is 0 Å². The third kappa shape index (κ3) is 5.38. The molecule has 0 aromatic carbocycles. The fraction of sp³-hybridized carbons (Fsp3) is 0.750. The van der Waals surface area contributed by atoms with Crippen LogP contribution in [0.5, 0.6) is 0 Å². The average Bonchev–Trinajstić information content (AvgIpc) is 2.86. The second-order valence-corrected chi connectivity index (χ2v) is 6.89. The number of amides is 2. The molecule has 0 aromatic heterocycles. The Bertz CT molecular complexity index is 392. The lowest BCUT2D eigenvalue weighted by atomic mass is 10.2. The van der Waals surface area contributed by atoms with Crippen LogP contribution in [0.3, 0.4) is 0 Å². The summed E-state index contributed by atoms with van der Waals surface area (Å²) < 4.78 is 0. The molecule has 2 amide bonds. The van der Waals surface area contributed by atoms with Crippen LogP contribution < -0.4 is 5.32 Å². The molecule has 1 N–H and O–H groups in total. The van der Waals surface area contributed by atoms with Crippen LogP contribution in [0.1, 0.15) is 53.4 Å². The Labute approximate surface area is 132 Å². The van der Waals surface area contributed by atoms with Crippen molar-refractivity contribution in [3.05, 3.63) is 11.6 Å². The van der Waals surface area contributed by atoms with Gasteiger partial charge in [-0.25, -0.2) is 0 Å². The number of nitrogens with one attached hydrogen (secondary N) is 1. The summed E-state index contributed by atoms with van der Waals surface area (Å²) in [5.41, 5.74) is 0.967. The van der Waals surface area contributed by atoms with E-state index in [0.717, 1.165) is 31.3 Å². The maximum Gasteiger partial charge on any atom is 0.248 e. The van der Waals surface area contributed by atoms with Gasteiger partial charge >= 0.3 is 0 Å². The third-order valence-corrected chi connectivity index (χ3v) is 4.94. The Kier molecular flexibility index (Phi) is 7.86. The molecule has 120 valence electrons. The van der Waals surface area contributed by atoms with Gasteiger partial charge in [0.05, 0.1) is 5.37 Å². The average molecular weight is 312 g/mol. The van der Waals surface area contributed by atoms with E-state index < -0.39 is 0 Å². The lowest BCUT2D eigenvalue weighted by Crippen LogP contribution is -2.49. The van der Waals surface area contributed by atoms with Crippen molar-refractivity contribution >= 4 is 23.6 Å². The van der Waals surface area contributed by atoms with Crippen LogP contribution >= 0.6 is 11.8 Å². The highest BCUT2D eigenvalue weighted by Crippen LogP contribution is 2.31. The molecule has 1 heterocycles. The van der Waals surface area contributed by atoms with Crippen molar-refractivity contribution in [3.63, 3.8) is 0 Å². The SMILES string of the molecule is CCCCCNC(=O)[C@@H]1CS[C@H](CC)N1C(=O)C=C(C)C. The van der Waals surface area contributed by atoms with Crippen molar-refractivity contribution < 1.29 is 9.59 Å². The minimum atomic E-state index is -0.329. The summed E-state index contributed by atoms with van der Waals surface area (Å²) in [5.74, 6) is 0.645. The normalized spacial score (nSPS) is 21.2. The lowest BCUT2D eigenvalue weighted by molar-refractivity contribution is -0.136. The van der Waals surface area contributed by atoms with Crippen molar-refractivity contribution in [3.8, 4) is 0 Å². The predicted molar refractivity (Wildman–Crippen MR) is 89.1 cm³/mol. The Balaban J connectivity index is 2.68. The Morgan fingerprint density at radius 3 is 2.57 bits per heavy atom. The summed E-state index contributed by atoms with van der Waals surface area (Å²) in [4.78, 5) is 26.5. The van der Waals surface area contributed by atoms with Gasteiger partial charge in [-0.2, -0.15) is 0 Å². The Hall–Kier alpha value is -0.970. The van der Waals surface area contributed by atoms with Gasteiger partial charge in [0.25, 0.3) is 0 Å². The zero-order chi connectivity index (χ0) is 15.8. The van der Waals surface area contributed by atoms with Crippen molar-refractivity contribution in [1.29, 1.82) is 0 Å². The first kappa shape index (κ1) is 18.1. The molecule has 0 aromatic rings. The molecule has 21 heavy (non-hydrogen) atoms. The standard InChI is InChI=1S/C16H28N2O2S/c1-5-7-8-9-17-16(20)13-11-21-15(6-2)18(13)14(19)10-12(3)4/h10,13,15H,5-9,11H2,1-4H3,(H,17,20)/t13-,15+/m0/s1. The summed E-state index contributed by atoms with van der Waals surface area (Å²) in [7, 11) is 0. The van der Waals surface area contributed by atoms with Crippen LogP contribution in [0, 0.1) is 0 Å². The van der Waals surface area contributed by atoms with Gasteiger partial charge in [0.1, 0.15) is 6.04 Å². The first-order chi connectivity index (χ1) is 10.0. The number of thioether (sulfide) groups is 1. The second kappa shape index (κ2) is 9.13. The van der Waals surface area contributed by atoms with E-state index in [1.165, 1.54) is 0 Å². The number of hydrogen-bond acceptors (Lipinski definition) is 3. The molecular weight excluding hydrogens is 284 g/mol. The molecule has 1 fully saturated rings. The molecule has 2 atom stereocenters. The molecule has 1 rings (SSSR count). The second-order valence-electron chi connectivity index (χ2n) is 5.68. The van der Waals surface area contributed by atoms with E-state index in [1.54, 1.807) is 22.7 Å². The van der Waals surface area contributed by atoms with E-state index >= 15 is 0 Å². The predicted octanol–water partition coefficient (Wildman–Crippen LogP) is 2.94. The van der Waals surface area contributed by atoms with Crippen molar-refractivity contribution in [2.75, 3.05) is 12.3 Å². The van der Waals surface area contributed by atoms with Gasteiger partial charge in [0, 0.05) is 18.4 Å². The minimum Gasteiger partial charge on any atom is -0.354 e. The molecule has 1 aliphatic rings. The van der Waals surface area contributed by atoms with E-state index in [-0.39, 0.29) is 23.2 Å². The number of hydrogen-bond donors (Lipinski definition) is 1. The van der Waals surface area contributed by atoms with E-state index in [1.807, 2.05) is 13.8 Å². The molecule has 1 saturated heterocycles. The highest BCUT2D eigenvalue weighted by atomic mass is 32.2. The van der Waals surface area contributed by atoms with Crippen LogP contribution in [0.4, 0.5) is 0 Å². The number of nitrogens with zero attached hydrogens (tertiary/aromatic N) is 1. The smallest absolute Gasteiger partial charge is 0.248 e. The van der Waals surface area contributed by atoms with Gasteiger partial charge < -0.3 is 10.2 Å². The highest BCUT2D eigenvalue weighted by molar-refractivity contribution is 8.00. The van der Waals surface area contributed by atoms with E-state index in [2.05, 4.69) is 19.2 Å². The minimum absolute atomic E-state index is 0.00920. The maximum atomic E-state index is 12.4. The highest BCUT2D eigenvalue weighted by Gasteiger charge is 2.39. The summed E-state index contributed by atoms with van der Waals surface area (Å²) in [6, 6.07) is -0.329. The quantitative estimate of drug-likeness (QED) is 0.581. The first-order valence-electron chi connectivity index (χ1n) is 7.87. The number of carbonyl (C=O) groups is 2. The summed E-state index contributed by atoms with van der Waals surface area (Å²) in [5, 5.41) is 3.09. The molecule has 0 aliphatic carbocycles. The fourth-order valence-electron chi connectivity index (χ4n) is 2.40. The topological polar surface area (TPSA) is 49.4 Å². The van der Waals surface area contributed by atoms with Gasteiger partial charge in [-0.15, -0.1) is 11.8 Å². The van der Waals surface area contributed by atoms with Gasteiger partial charge in [0.2, 0.25) is 11.8 Å². The van der Waals surface area contributed by atoms with Gasteiger partial charge in [0.15, 0.2) is 0 Å². The molecule has 1 aliphatic heterocycles. The number of unbranched alkanes of at least 4 members (excludes halogenated alkanes) is 2. The molecule has 0 bridgehead atoms. The van der Waals surface area contributed by atoms with Crippen molar-refractivity contribution in [1.82, 2.24) is 10.2 Å². The molecule has 0 saturated carbocycles. The number of allylic oxidation sites excluding steroid dienone is 1. The van der Waals surface area contributed by atoms with Crippen LogP contribution in [-0.4, -0.2) is 40.4 Å². The number of carbonyl (C=O) groups excluding carboxylic acids is 2. The molecular formula is C16H28N2O2S. The molecule has 5 heteroatoms. The summed E-state index contributed by atoms with van der Waals surface area (Å²) in [6.45, 7) is 8.71. The van der Waals surface area contributed by atoms with Crippen molar-refractivity contribution in [2.24, 2.45) is 0 Å². The molecule has 4 nitrogen and oxygen atoms in total. The maximum absolute atomic E-state index is 12.4. The van der Waals surface area contributed by atoms with Crippen LogP contribution in [0.2, 0.25) is 0 Å². The van der Waals surface area contributed by atoms with E-state index in [4.69, 9.17) is 0 Å². The Morgan fingerprint density at radius 1 is 1.29 bits per heavy atom. The van der Waals surface area contributed by atoms with Crippen LogP contribution in [0.15, 0.2) is 11.6 Å². The molecule has 0 unspecified atom stereocenters. The molecule has 0 radical (unpaired) electrons. The molecule has 0 spiro atoms. The zero-order valence-electron chi connectivity index (χ0n) is 13.6. The largest absolute Gasteiger partial charge is 0.354 e. The van der Waals surface area contributed by atoms with Gasteiger partial charge in [-0.05, 0) is 26.7 Å². The summed E-state index contributed by atoms with van der Waals surface area (Å²) >= 11 is 1.70. The fourth-order valence-corrected chi connectivity index (χ4v) is 3.77.